The zero-order chi connectivity index (χ0) is 11.7. The summed E-state index contributed by atoms with van der Waals surface area (Å²) in [5, 5.41) is 4.12. The molecular weight excluding hydrogens is 212 g/mol. The molecule has 0 fully saturated rings. The third kappa shape index (κ3) is 1.81. The third-order valence-electron chi connectivity index (χ3n) is 2.31. The highest BCUT2D eigenvalue weighted by atomic mass is 19.1. The van der Waals surface area contributed by atoms with Crippen LogP contribution in [-0.2, 0) is 13.6 Å². The molecule has 0 unspecified atom stereocenters. The van der Waals surface area contributed by atoms with E-state index in [1.807, 2.05) is 0 Å². The quantitative estimate of drug-likeness (QED) is 0.844. The lowest BCUT2D eigenvalue weighted by molar-refractivity contribution is 0.585. The summed E-state index contributed by atoms with van der Waals surface area (Å²) in [5.74, 6) is -1.24. The molecule has 0 bridgehead atoms. The Bertz CT molecular complexity index is 520. The summed E-state index contributed by atoms with van der Waals surface area (Å²) in [4.78, 5) is 0. The van der Waals surface area contributed by atoms with E-state index in [9.17, 15) is 8.78 Å². The molecule has 0 aliphatic rings. The molecule has 2 aromatic rings. The lowest BCUT2D eigenvalue weighted by Gasteiger charge is -2.01. The van der Waals surface area contributed by atoms with Crippen molar-refractivity contribution in [2.24, 2.45) is 12.8 Å². The van der Waals surface area contributed by atoms with E-state index < -0.39 is 11.6 Å². The highest BCUT2D eigenvalue weighted by Crippen LogP contribution is 2.24. The van der Waals surface area contributed by atoms with Gasteiger partial charge in [-0.2, -0.15) is 5.10 Å². The zero-order valence-electron chi connectivity index (χ0n) is 8.74. The van der Waals surface area contributed by atoms with Gasteiger partial charge in [-0.1, -0.05) is 0 Å². The number of nitrogens with two attached hydrogens (primary N) is 1. The Kier molecular flexibility index (Phi) is 2.70. The van der Waals surface area contributed by atoms with Gasteiger partial charge in [0.25, 0.3) is 0 Å². The second-order valence-electron chi connectivity index (χ2n) is 3.50. The zero-order valence-corrected chi connectivity index (χ0v) is 8.74. The van der Waals surface area contributed by atoms with E-state index >= 15 is 0 Å². The van der Waals surface area contributed by atoms with Gasteiger partial charge in [0, 0.05) is 37.0 Å². The van der Waals surface area contributed by atoms with Crippen molar-refractivity contribution in [1.29, 1.82) is 0 Å². The van der Waals surface area contributed by atoms with Crippen LogP contribution < -0.4 is 5.73 Å². The lowest BCUT2D eigenvalue weighted by atomic mass is 10.1. The number of aryl methyl sites for hydroxylation is 1. The lowest BCUT2D eigenvalue weighted by Crippen LogP contribution is -1.97. The van der Waals surface area contributed by atoms with E-state index in [1.165, 1.54) is 12.1 Å². The molecule has 0 spiro atoms. The summed E-state index contributed by atoms with van der Waals surface area (Å²) in [5.41, 5.74) is 6.99. The number of hydrogen-bond donors (Lipinski definition) is 1. The molecule has 1 aromatic heterocycles. The van der Waals surface area contributed by atoms with Crippen LogP contribution in [-0.4, -0.2) is 9.78 Å². The maximum Gasteiger partial charge on any atom is 0.135 e. The molecule has 3 nitrogen and oxygen atoms in total. The maximum absolute atomic E-state index is 13.5. The van der Waals surface area contributed by atoms with Crippen LogP contribution >= 0.6 is 0 Å². The Labute approximate surface area is 91.5 Å². The standard InChI is InChI=1S/C11H11F2N3/c1-16-6-7(5-14)11(15-16)9-3-2-8(12)4-10(9)13/h2-4,6H,5,14H2,1H3. The summed E-state index contributed by atoms with van der Waals surface area (Å²) in [6.07, 6.45) is 1.72. The van der Waals surface area contributed by atoms with E-state index in [2.05, 4.69) is 5.10 Å². The van der Waals surface area contributed by atoms with Gasteiger partial charge in [-0.25, -0.2) is 8.78 Å². The van der Waals surface area contributed by atoms with Crippen LogP contribution in [0.3, 0.4) is 0 Å². The molecule has 0 atom stereocenters. The van der Waals surface area contributed by atoms with Crippen LogP contribution in [0.2, 0.25) is 0 Å². The second-order valence-corrected chi connectivity index (χ2v) is 3.50. The molecule has 1 aromatic carbocycles. The molecule has 84 valence electrons. The normalized spacial score (nSPS) is 10.8. The SMILES string of the molecule is Cn1cc(CN)c(-c2ccc(F)cc2F)n1. The molecule has 0 saturated heterocycles. The number of hydrogen-bond acceptors (Lipinski definition) is 2. The van der Waals surface area contributed by atoms with Gasteiger partial charge in [0.15, 0.2) is 0 Å². The van der Waals surface area contributed by atoms with Crippen molar-refractivity contribution in [3.8, 4) is 11.3 Å². The average molecular weight is 223 g/mol. The van der Waals surface area contributed by atoms with Crippen LogP contribution in [0.15, 0.2) is 24.4 Å². The molecule has 16 heavy (non-hydrogen) atoms. The molecule has 1 heterocycles. The third-order valence-corrected chi connectivity index (χ3v) is 2.31. The number of nitrogens with zero attached hydrogens (tertiary/aromatic N) is 2. The van der Waals surface area contributed by atoms with Crippen LogP contribution in [0.1, 0.15) is 5.56 Å². The number of halogens is 2. The van der Waals surface area contributed by atoms with Crippen molar-refractivity contribution in [1.82, 2.24) is 9.78 Å². The van der Waals surface area contributed by atoms with Gasteiger partial charge < -0.3 is 5.73 Å². The van der Waals surface area contributed by atoms with Crippen LogP contribution in [0.4, 0.5) is 8.78 Å². The molecule has 0 aliphatic carbocycles. The van der Waals surface area contributed by atoms with Crippen molar-refractivity contribution in [2.45, 2.75) is 6.54 Å². The summed E-state index contributed by atoms with van der Waals surface area (Å²) >= 11 is 0. The number of benzene rings is 1. The Balaban J connectivity index is 2.57. The Morgan fingerprint density at radius 2 is 2.12 bits per heavy atom. The fraction of sp³-hybridized carbons (Fsp3) is 0.182. The fourth-order valence-electron chi connectivity index (χ4n) is 1.60. The first-order valence-corrected chi connectivity index (χ1v) is 4.80. The van der Waals surface area contributed by atoms with E-state index in [0.717, 1.165) is 11.6 Å². The number of aromatic nitrogens is 2. The fourth-order valence-corrected chi connectivity index (χ4v) is 1.60. The number of rotatable bonds is 2. The molecule has 0 saturated carbocycles. The summed E-state index contributed by atoms with van der Waals surface area (Å²) < 4.78 is 27.8. The highest BCUT2D eigenvalue weighted by Gasteiger charge is 2.13. The Morgan fingerprint density at radius 1 is 1.38 bits per heavy atom. The Hall–Kier alpha value is -1.75. The molecule has 0 aliphatic heterocycles. The largest absolute Gasteiger partial charge is 0.326 e. The second kappa shape index (κ2) is 4.02. The molecule has 0 radical (unpaired) electrons. The first-order valence-electron chi connectivity index (χ1n) is 4.80. The molecule has 2 N–H and O–H groups in total. The van der Waals surface area contributed by atoms with Crippen LogP contribution in [0.5, 0.6) is 0 Å². The minimum Gasteiger partial charge on any atom is -0.326 e. The van der Waals surface area contributed by atoms with Crippen LogP contribution in [0.25, 0.3) is 11.3 Å². The van der Waals surface area contributed by atoms with Crippen molar-refractivity contribution in [2.75, 3.05) is 0 Å². The minimum absolute atomic E-state index is 0.264. The van der Waals surface area contributed by atoms with Crippen molar-refractivity contribution < 1.29 is 8.78 Å². The van der Waals surface area contributed by atoms with Gasteiger partial charge in [0.05, 0.1) is 5.69 Å². The van der Waals surface area contributed by atoms with E-state index in [1.54, 1.807) is 17.9 Å². The van der Waals surface area contributed by atoms with Gasteiger partial charge >= 0.3 is 0 Å². The van der Waals surface area contributed by atoms with Crippen molar-refractivity contribution >= 4 is 0 Å². The first kappa shape index (κ1) is 10.8. The molecule has 0 amide bonds. The monoisotopic (exact) mass is 223 g/mol. The molecular formula is C11H11F2N3. The topological polar surface area (TPSA) is 43.8 Å². The van der Waals surface area contributed by atoms with Gasteiger partial charge in [0.1, 0.15) is 11.6 Å². The van der Waals surface area contributed by atoms with Crippen molar-refractivity contribution in [3.63, 3.8) is 0 Å². The molecule has 2 rings (SSSR count). The minimum atomic E-state index is -0.631. The van der Waals surface area contributed by atoms with E-state index in [4.69, 9.17) is 5.73 Å². The summed E-state index contributed by atoms with van der Waals surface area (Å²) in [6.45, 7) is 0.264. The molecule has 5 heteroatoms. The average Bonchev–Trinajstić information content (AvgIpc) is 2.59. The predicted octanol–water partition coefficient (Wildman–Crippen LogP) is 1.82. The predicted molar refractivity (Wildman–Crippen MR) is 56.5 cm³/mol. The van der Waals surface area contributed by atoms with Gasteiger partial charge in [0.2, 0.25) is 0 Å². The Morgan fingerprint density at radius 3 is 2.75 bits per heavy atom. The van der Waals surface area contributed by atoms with Crippen molar-refractivity contribution in [3.05, 3.63) is 41.6 Å². The first-order chi connectivity index (χ1) is 7.61. The van der Waals surface area contributed by atoms with Crippen LogP contribution in [0, 0.1) is 11.6 Å². The van der Waals surface area contributed by atoms with Gasteiger partial charge in [-0.3, -0.25) is 4.68 Å². The van der Waals surface area contributed by atoms with Gasteiger partial charge in [-0.15, -0.1) is 0 Å². The smallest absolute Gasteiger partial charge is 0.135 e. The van der Waals surface area contributed by atoms with E-state index in [0.29, 0.717) is 5.69 Å². The van der Waals surface area contributed by atoms with E-state index in [-0.39, 0.29) is 12.1 Å². The highest BCUT2D eigenvalue weighted by molar-refractivity contribution is 5.63. The maximum atomic E-state index is 13.5. The summed E-state index contributed by atoms with van der Waals surface area (Å²) in [7, 11) is 1.73. The summed E-state index contributed by atoms with van der Waals surface area (Å²) in [6, 6.07) is 3.41. The van der Waals surface area contributed by atoms with Gasteiger partial charge in [-0.05, 0) is 12.1 Å².